The third kappa shape index (κ3) is 2.04. The molecular formula is C13H17NO. The smallest absolute Gasteiger partial charge is 0.188 e. The molecule has 0 saturated carbocycles. The first kappa shape index (κ1) is 10.2. The second-order valence-corrected chi connectivity index (χ2v) is 3.94. The van der Waals surface area contributed by atoms with Crippen LogP contribution in [0.4, 0.5) is 0 Å². The van der Waals surface area contributed by atoms with Gasteiger partial charge in [-0.15, -0.1) is 0 Å². The van der Waals surface area contributed by atoms with E-state index in [1.807, 2.05) is 6.92 Å². The van der Waals surface area contributed by atoms with Gasteiger partial charge in [-0.1, -0.05) is 24.3 Å². The van der Waals surface area contributed by atoms with Gasteiger partial charge in [-0.3, -0.25) is 5.41 Å². The van der Waals surface area contributed by atoms with Crippen molar-refractivity contribution >= 4 is 5.90 Å². The molecule has 0 spiro atoms. The molecule has 1 aromatic rings. The van der Waals surface area contributed by atoms with Crippen LogP contribution in [0, 0.1) is 5.41 Å². The normalized spacial score (nSPS) is 19.4. The largest absolute Gasteiger partial charge is 0.481 e. The molecule has 2 rings (SSSR count). The molecule has 1 aliphatic carbocycles. The van der Waals surface area contributed by atoms with E-state index in [1.165, 1.54) is 11.1 Å². The maximum absolute atomic E-state index is 7.89. The predicted molar refractivity (Wildman–Crippen MR) is 61.5 cm³/mol. The van der Waals surface area contributed by atoms with Crippen LogP contribution in [0.5, 0.6) is 0 Å². The predicted octanol–water partition coefficient (Wildman–Crippen LogP) is 3.12. The van der Waals surface area contributed by atoms with E-state index >= 15 is 0 Å². The number of rotatable bonds is 2. The van der Waals surface area contributed by atoms with Crippen molar-refractivity contribution in [2.45, 2.75) is 32.1 Å². The Kier molecular flexibility index (Phi) is 3.05. The number of nitrogens with one attached hydrogen (secondary N) is 1. The maximum atomic E-state index is 7.89. The second kappa shape index (κ2) is 4.47. The topological polar surface area (TPSA) is 33.1 Å². The minimum absolute atomic E-state index is 0.190. The standard InChI is InChI=1S/C13H17NO/c1-2-15-13(14)12-9-5-7-10-6-3-4-8-11(10)12/h3-4,6,8,12,14H,2,5,7,9H2,1H3. The summed E-state index contributed by atoms with van der Waals surface area (Å²) in [4.78, 5) is 0. The highest BCUT2D eigenvalue weighted by atomic mass is 16.5. The van der Waals surface area contributed by atoms with Gasteiger partial charge in [0.05, 0.1) is 12.5 Å². The second-order valence-electron chi connectivity index (χ2n) is 3.94. The number of hydrogen-bond donors (Lipinski definition) is 1. The molecule has 1 aromatic carbocycles. The molecule has 0 fully saturated rings. The maximum Gasteiger partial charge on any atom is 0.188 e. The first-order chi connectivity index (χ1) is 7.33. The summed E-state index contributed by atoms with van der Waals surface area (Å²) in [6.07, 6.45) is 3.36. The van der Waals surface area contributed by atoms with Crippen molar-refractivity contribution in [1.29, 1.82) is 5.41 Å². The highest BCUT2D eigenvalue weighted by Gasteiger charge is 2.24. The Morgan fingerprint density at radius 2 is 2.27 bits per heavy atom. The van der Waals surface area contributed by atoms with Gasteiger partial charge in [0.25, 0.3) is 0 Å². The lowest BCUT2D eigenvalue weighted by Crippen LogP contribution is -2.20. The Bertz CT molecular complexity index is 359. The van der Waals surface area contributed by atoms with Crippen molar-refractivity contribution in [3.8, 4) is 0 Å². The quantitative estimate of drug-likeness (QED) is 0.581. The lowest BCUT2D eigenvalue weighted by Gasteiger charge is -2.25. The molecule has 2 nitrogen and oxygen atoms in total. The highest BCUT2D eigenvalue weighted by molar-refractivity contribution is 5.81. The van der Waals surface area contributed by atoms with Gasteiger partial charge in [0.15, 0.2) is 5.90 Å². The average molecular weight is 203 g/mol. The Morgan fingerprint density at radius 1 is 1.47 bits per heavy atom. The Balaban J connectivity index is 2.25. The third-order valence-corrected chi connectivity index (χ3v) is 2.99. The fourth-order valence-electron chi connectivity index (χ4n) is 2.28. The van der Waals surface area contributed by atoms with E-state index in [0.717, 1.165) is 19.3 Å². The Labute approximate surface area is 90.8 Å². The molecule has 0 heterocycles. The summed E-state index contributed by atoms with van der Waals surface area (Å²) in [5.41, 5.74) is 2.68. The Hall–Kier alpha value is -1.31. The summed E-state index contributed by atoms with van der Waals surface area (Å²) in [6.45, 7) is 2.53. The summed E-state index contributed by atoms with van der Waals surface area (Å²) in [5.74, 6) is 0.625. The van der Waals surface area contributed by atoms with Crippen LogP contribution in [0.3, 0.4) is 0 Å². The minimum Gasteiger partial charge on any atom is -0.481 e. The summed E-state index contributed by atoms with van der Waals surface area (Å²) in [6, 6.07) is 8.43. The molecule has 0 radical (unpaired) electrons. The molecule has 1 N–H and O–H groups in total. The number of aryl methyl sites for hydroxylation is 1. The molecule has 0 aliphatic heterocycles. The monoisotopic (exact) mass is 203 g/mol. The molecule has 1 atom stereocenters. The molecular weight excluding hydrogens is 186 g/mol. The van der Waals surface area contributed by atoms with Crippen LogP contribution < -0.4 is 0 Å². The minimum atomic E-state index is 0.190. The van der Waals surface area contributed by atoms with Gasteiger partial charge in [0.1, 0.15) is 0 Å². The Morgan fingerprint density at radius 3 is 3.07 bits per heavy atom. The molecule has 0 aromatic heterocycles. The molecule has 80 valence electrons. The van der Waals surface area contributed by atoms with Crippen molar-refractivity contribution in [3.63, 3.8) is 0 Å². The number of fused-ring (bicyclic) bond motifs is 1. The summed E-state index contributed by atoms with van der Waals surface area (Å²) in [7, 11) is 0. The van der Waals surface area contributed by atoms with Crippen molar-refractivity contribution in [1.82, 2.24) is 0 Å². The number of ether oxygens (including phenoxy) is 1. The van der Waals surface area contributed by atoms with Gasteiger partial charge < -0.3 is 4.74 Å². The molecule has 0 saturated heterocycles. The fraction of sp³-hybridized carbons (Fsp3) is 0.462. The van der Waals surface area contributed by atoms with Crippen molar-refractivity contribution in [2.75, 3.05) is 6.61 Å². The van der Waals surface area contributed by atoms with E-state index < -0.39 is 0 Å². The zero-order valence-corrected chi connectivity index (χ0v) is 9.12. The van der Waals surface area contributed by atoms with Crippen LogP contribution in [0.15, 0.2) is 24.3 Å². The van der Waals surface area contributed by atoms with Gasteiger partial charge in [-0.2, -0.15) is 0 Å². The fourth-order valence-corrected chi connectivity index (χ4v) is 2.28. The summed E-state index contributed by atoms with van der Waals surface area (Å²) < 4.78 is 5.32. The molecule has 2 heteroatoms. The summed E-state index contributed by atoms with van der Waals surface area (Å²) >= 11 is 0. The van der Waals surface area contributed by atoms with E-state index in [2.05, 4.69) is 24.3 Å². The SMILES string of the molecule is CCOC(=N)C1CCCc2ccccc21. The van der Waals surface area contributed by atoms with Crippen LogP contribution >= 0.6 is 0 Å². The van der Waals surface area contributed by atoms with E-state index in [1.54, 1.807) is 0 Å². The molecule has 0 bridgehead atoms. The average Bonchev–Trinajstić information content (AvgIpc) is 2.28. The first-order valence-corrected chi connectivity index (χ1v) is 5.62. The van der Waals surface area contributed by atoms with E-state index in [9.17, 15) is 0 Å². The van der Waals surface area contributed by atoms with Gasteiger partial charge in [0.2, 0.25) is 0 Å². The van der Waals surface area contributed by atoms with Crippen molar-refractivity contribution in [3.05, 3.63) is 35.4 Å². The van der Waals surface area contributed by atoms with E-state index in [0.29, 0.717) is 12.5 Å². The lowest BCUT2D eigenvalue weighted by molar-refractivity contribution is 0.303. The van der Waals surface area contributed by atoms with Crippen LogP contribution in [0.1, 0.15) is 36.8 Å². The van der Waals surface area contributed by atoms with Gasteiger partial charge in [-0.05, 0) is 37.3 Å². The van der Waals surface area contributed by atoms with Gasteiger partial charge >= 0.3 is 0 Å². The van der Waals surface area contributed by atoms with Gasteiger partial charge in [-0.25, -0.2) is 0 Å². The van der Waals surface area contributed by atoms with Crippen LogP contribution in [-0.2, 0) is 11.2 Å². The third-order valence-electron chi connectivity index (χ3n) is 2.99. The molecule has 0 amide bonds. The van der Waals surface area contributed by atoms with Gasteiger partial charge in [0, 0.05) is 0 Å². The summed E-state index contributed by atoms with van der Waals surface area (Å²) in [5, 5.41) is 7.89. The zero-order valence-electron chi connectivity index (χ0n) is 9.12. The van der Waals surface area contributed by atoms with Crippen molar-refractivity contribution in [2.24, 2.45) is 0 Å². The van der Waals surface area contributed by atoms with Crippen LogP contribution in [-0.4, -0.2) is 12.5 Å². The van der Waals surface area contributed by atoms with E-state index in [-0.39, 0.29) is 5.92 Å². The van der Waals surface area contributed by atoms with Crippen LogP contribution in [0.2, 0.25) is 0 Å². The number of hydrogen-bond acceptors (Lipinski definition) is 2. The lowest BCUT2D eigenvalue weighted by atomic mass is 9.83. The molecule has 1 unspecified atom stereocenters. The van der Waals surface area contributed by atoms with Crippen LogP contribution in [0.25, 0.3) is 0 Å². The van der Waals surface area contributed by atoms with Crippen molar-refractivity contribution < 1.29 is 4.74 Å². The molecule has 1 aliphatic rings. The zero-order chi connectivity index (χ0) is 10.7. The first-order valence-electron chi connectivity index (χ1n) is 5.62. The molecule has 15 heavy (non-hydrogen) atoms. The highest BCUT2D eigenvalue weighted by Crippen LogP contribution is 2.32. The number of benzene rings is 1. The van der Waals surface area contributed by atoms with E-state index in [4.69, 9.17) is 10.1 Å².